The van der Waals surface area contributed by atoms with Gasteiger partial charge in [0.15, 0.2) is 5.82 Å². The Balaban J connectivity index is 1.08. The molecular formula is C26H32N6O2. The highest BCUT2D eigenvalue weighted by atomic mass is 16.5. The Morgan fingerprint density at radius 1 is 1.00 bits per heavy atom. The molecule has 3 N–H and O–H groups in total. The number of hydrogen-bond donors (Lipinski definition) is 3. The van der Waals surface area contributed by atoms with Gasteiger partial charge in [0.2, 0.25) is 5.95 Å². The van der Waals surface area contributed by atoms with E-state index < -0.39 is 0 Å². The average molecular weight is 461 g/mol. The number of nitrogens with zero attached hydrogens (tertiary/aromatic N) is 3. The van der Waals surface area contributed by atoms with Gasteiger partial charge in [0.25, 0.3) is 0 Å². The molecule has 0 atom stereocenters. The zero-order valence-corrected chi connectivity index (χ0v) is 19.4. The van der Waals surface area contributed by atoms with E-state index in [0.29, 0.717) is 36.0 Å². The van der Waals surface area contributed by atoms with Crippen LogP contribution in [0.1, 0.15) is 69.4 Å². The fraction of sp³-hybridized carbons (Fsp3) is 0.462. The molecule has 2 aliphatic rings. The van der Waals surface area contributed by atoms with E-state index in [1.54, 1.807) is 6.20 Å². The smallest absolute Gasteiger partial charge is 0.311 e. The molecular weight excluding hydrogens is 428 g/mol. The van der Waals surface area contributed by atoms with Gasteiger partial charge in [-0.1, -0.05) is 31.0 Å². The second kappa shape index (κ2) is 10.7. The van der Waals surface area contributed by atoms with E-state index in [9.17, 15) is 4.79 Å². The van der Waals surface area contributed by atoms with Crippen LogP contribution in [0.25, 0.3) is 0 Å². The number of hydrogen-bond acceptors (Lipinski definition) is 7. The van der Waals surface area contributed by atoms with Crippen molar-refractivity contribution < 1.29 is 9.53 Å². The van der Waals surface area contributed by atoms with Crippen LogP contribution in [0.15, 0.2) is 48.7 Å². The third-order valence-corrected chi connectivity index (χ3v) is 6.91. The molecule has 1 aromatic carbocycles. The van der Waals surface area contributed by atoms with Crippen molar-refractivity contribution in [3.63, 3.8) is 0 Å². The van der Waals surface area contributed by atoms with Gasteiger partial charge in [-0.05, 0) is 62.6 Å². The lowest BCUT2D eigenvalue weighted by Gasteiger charge is -2.28. The predicted molar refractivity (Wildman–Crippen MR) is 131 cm³/mol. The van der Waals surface area contributed by atoms with Gasteiger partial charge in [0.1, 0.15) is 11.6 Å². The maximum absolute atomic E-state index is 12.2. The number of esters is 1. The number of carbonyl (C=O) groups is 1. The first-order valence-electron chi connectivity index (χ1n) is 12.4. The number of aromatic nitrogens is 4. The highest BCUT2D eigenvalue weighted by Crippen LogP contribution is 2.34. The molecule has 0 radical (unpaired) electrons. The summed E-state index contributed by atoms with van der Waals surface area (Å²) in [6.07, 6.45) is 11.2. The van der Waals surface area contributed by atoms with Crippen molar-refractivity contribution in [3.05, 3.63) is 54.4 Å². The van der Waals surface area contributed by atoms with Gasteiger partial charge in [-0.25, -0.2) is 4.98 Å². The second-order valence-electron chi connectivity index (χ2n) is 9.43. The summed E-state index contributed by atoms with van der Waals surface area (Å²) < 4.78 is 5.44. The van der Waals surface area contributed by atoms with Crippen LogP contribution in [-0.4, -0.2) is 32.2 Å². The number of carbonyl (C=O) groups excluding carboxylic acids is 1. The van der Waals surface area contributed by atoms with Crippen LogP contribution in [0.2, 0.25) is 0 Å². The first-order chi connectivity index (χ1) is 16.7. The zero-order valence-electron chi connectivity index (χ0n) is 19.4. The van der Waals surface area contributed by atoms with Crippen molar-refractivity contribution in [1.29, 1.82) is 0 Å². The number of aromatic amines is 1. The largest absolute Gasteiger partial charge is 0.427 e. The highest BCUT2D eigenvalue weighted by molar-refractivity contribution is 5.72. The van der Waals surface area contributed by atoms with Crippen molar-refractivity contribution in [3.8, 4) is 5.75 Å². The minimum atomic E-state index is -0.154. The third kappa shape index (κ3) is 5.92. The SMILES string of the molecule is O=C(CC1CCC(Nc2nccc(Nc3cc(C4CCCC4)[nH]n3)n2)CC1)Oc1ccccc1. The Hall–Kier alpha value is -3.42. The molecule has 0 unspecified atom stereocenters. The van der Waals surface area contributed by atoms with Crippen LogP contribution in [0.3, 0.4) is 0 Å². The monoisotopic (exact) mass is 460 g/mol. The van der Waals surface area contributed by atoms with Crippen molar-refractivity contribution in [1.82, 2.24) is 20.2 Å². The number of H-pyrrole nitrogens is 1. The van der Waals surface area contributed by atoms with Crippen molar-refractivity contribution in [2.45, 2.75) is 69.7 Å². The summed E-state index contributed by atoms with van der Waals surface area (Å²) in [7, 11) is 0. The van der Waals surface area contributed by atoms with E-state index in [2.05, 4.69) is 36.9 Å². The van der Waals surface area contributed by atoms with Crippen LogP contribution < -0.4 is 15.4 Å². The molecule has 0 bridgehead atoms. The minimum absolute atomic E-state index is 0.154. The summed E-state index contributed by atoms with van der Waals surface area (Å²) in [6, 6.07) is 13.5. The van der Waals surface area contributed by atoms with Crippen LogP contribution in [0.4, 0.5) is 17.6 Å². The highest BCUT2D eigenvalue weighted by Gasteiger charge is 2.24. The van der Waals surface area contributed by atoms with E-state index in [1.165, 1.54) is 31.4 Å². The van der Waals surface area contributed by atoms with Crippen molar-refractivity contribution in [2.75, 3.05) is 10.6 Å². The molecule has 178 valence electrons. The molecule has 2 fully saturated rings. The molecule has 2 aromatic heterocycles. The molecule has 0 amide bonds. The molecule has 3 aromatic rings. The van der Waals surface area contributed by atoms with E-state index >= 15 is 0 Å². The molecule has 0 saturated heterocycles. The third-order valence-electron chi connectivity index (χ3n) is 6.91. The van der Waals surface area contributed by atoms with Gasteiger partial charge in [-0.15, -0.1) is 0 Å². The summed E-state index contributed by atoms with van der Waals surface area (Å²) in [6.45, 7) is 0. The van der Waals surface area contributed by atoms with Crippen LogP contribution in [0.5, 0.6) is 5.75 Å². The van der Waals surface area contributed by atoms with Gasteiger partial charge >= 0.3 is 5.97 Å². The van der Waals surface area contributed by atoms with Gasteiger partial charge in [0, 0.05) is 36.3 Å². The van der Waals surface area contributed by atoms with Gasteiger partial charge < -0.3 is 15.4 Å². The van der Waals surface area contributed by atoms with Gasteiger partial charge in [-0.2, -0.15) is 10.1 Å². The number of ether oxygens (including phenoxy) is 1. The molecule has 2 heterocycles. The summed E-state index contributed by atoms with van der Waals surface area (Å²) >= 11 is 0. The van der Waals surface area contributed by atoms with E-state index in [0.717, 1.165) is 37.3 Å². The molecule has 34 heavy (non-hydrogen) atoms. The topological polar surface area (TPSA) is 105 Å². The lowest BCUT2D eigenvalue weighted by molar-refractivity contribution is -0.135. The van der Waals surface area contributed by atoms with E-state index in [4.69, 9.17) is 4.74 Å². The lowest BCUT2D eigenvalue weighted by atomic mass is 9.84. The molecule has 0 spiro atoms. The Bertz CT molecular complexity index is 1070. The number of anilines is 3. The fourth-order valence-electron chi connectivity index (χ4n) is 5.07. The fourth-order valence-corrected chi connectivity index (χ4v) is 5.07. The average Bonchev–Trinajstić information content (AvgIpc) is 3.54. The van der Waals surface area contributed by atoms with Gasteiger partial charge in [-0.3, -0.25) is 9.89 Å². The predicted octanol–water partition coefficient (Wildman–Crippen LogP) is 5.57. The Kier molecular flexibility index (Phi) is 7.02. The molecule has 0 aliphatic heterocycles. The lowest BCUT2D eigenvalue weighted by Crippen LogP contribution is -2.28. The second-order valence-corrected chi connectivity index (χ2v) is 9.43. The summed E-state index contributed by atoms with van der Waals surface area (Å²) in [5.41, 5.74) is 1.21. The van der Waals surface area contributed by atoms with Crippen molar-refractivity contribution >= 4 is 23.6 Å². The Morgan fingerprint density at radius 2 is 1.79 bits per heavy atom. The Morgan fingerprint density at radius 3 is 2.59 bits per heavy atom. The molecule has 8 nitrogen and oxygen atoms in total. The van der Waals surface area contributed by atoms with Gasteiger partial charge in [0.05, 0.1) is 0 Å². The molecule has 8 heteroatoms. The van der Waals surface area contributed by atoms with Crippen molar-refractivity contribution in [2.24, 2.45) is 5.92 Å². The maximum Gasteiger partial charge on any atom is 0.311 e. The summed E-state index contributed by atoms with van der Waals surface area (Å²) in [5, 5.41) is 14.3. The normalized spacial score (nSPS) is 20.7. The zero-order chi connectivity index (χ0) is 23.2. The number of para-hydroxylation sites is 1. The number of nitrogens with one attached hydrogen (secondary N) is 3. The first kappa shape index (κ1) is 22.4. The van der Waals surface area contributed by atoms with E-state index in [-0.39, 0.29) is 5.97 Å². The molecule has 2 aliphatic carbocycles. The summed E-state index contributed by atoms with van der Waals surface area (Å²) in [5.74, 6) is 3.53. The quantitative estimate of drug-likeness (QED) is 0.298. The van der Waals surface area contributed by atoms with E-state index in [1.807, 2.05) is 36.4 Å². The first-order valence-corrected chi connectivity index (χ1v) is 12.4. The molecule has 2 saturated carbocycles. The number of benzene rings is 1. The van der Waals surface area contributed by atoms with Crippen LogP contribution >= 0.6 is 0 Å². The number of rotatable bonds is 8. The minimum Gasteiger partial charge on any atom is -0.427 e. The Labute approximate surface area is 199 Å². The van der Waals surface area contributed by atoms with Crippen LogP contribution in [0, 0.1) is 5.92 Å². The standard InChI is InChI=1S/C26H32N6O2/c33-25(34-21-8-2-1-3-9-21)16-18-10-12-20(13-11-18)28-26-27-15-14-23(30-26)29-24-17-22(31-32-24)19-6-4-5-7-19/h1-3,8-9,14-15,17-20H,4-7,10-13,16H2,(H3,27,28,29,30,31,32). The maximum atomic E-state index is 12.2. The molecule has 5 rings (SSSR count). The summed E-state index contributed by atoms with van der Waals surface area (Å²) in [4.78, 5) is 21.3. The van der Waals surface area contributed by atoms with Crippen LogP contribution in [-0.2, 0) is 4.79 Å².